The fraction of sp³-hybridized carbons (Fsp3) is 0.278. The van der Waals surface area contributed by atoms with Crippen molar-refractivity contribution >= 4 is 39.0 Å². The fourth-order valence-electron chi connectivity index (χ4n) is 3.06. The number of ether oxygens (including phenoxy) is 1. The van der Waals surface area contributed by atoms with Crippen LogP contribution in [0.25, 0.3) is 0 Å². The van der Waals surface area contributed by atoms with Crippen LogP contribution in [0, 0.1) is 10.1 Å². The number of methoxy groups -OCH3 is 1. The second-order valence-electron chi connectivity index (χ2n) is 6.30. The quantitative estimate of drug-likeness (QED) is 0.400. The van der Waals surface area contributed by atoms with Crippen molar-refractivity contribution < 1.29 is 22.9 Å². The number of rotatable bonds is 5. The minimum atomic E-state index is -3.90. The second-order valence-corrected chi connectivity index (χ2v) is 8.61. The number of halogens is 1. The van der Waals surface area contributed by atoms with Crippen LogP contribution >= 0.6 is 11.6 Å². The Kier molecular flexibility index (Phi) is 6.06. The number of esters is 1. The van der Waals surface area contributed by atoms with Crippen molar-refractivity contribution in [3.63, 3.8) is 0 Å². The van der Waals surface area contributed by atoms with E-state index in [-0.39, 0.29) is 34.3 Å². The fourth-order valence-corrected chi connectivity index (χ4v) is 4.98. The smallest absolute Gasteiger partial charge is 0.337 e. The molecule has 0 unspecified atom stereocenters. The minimum Gasteiger partial charge on any atom is -0.465 e. The molecule has 0 spiro atoms. The molecule has 2 aromatic rings. The lowest BCUT2D eigenvalue weighted by atomic mass is 10.2. The molecular formula is C18H18ClN3O6S. The highest BCUT2D eigenvalue weighted by molar-refractivity contribution is 7.89. The number of carbonyl (C=O) groups is 1. The van der Waals surface area contributed by atoms with E-state index in [4.69, 9.17) is 11.6 Å². The van der Waals surface area contributed by atoms with Gasteiger partial charge in [0.1, 0.15) is 4.90 Å². The largest absolute Gasteiger partial charge is 0.465 e. The van der Waals surface area contributed by atoms with Crippen LogP contribution in [0.2, 0.25) is 5.02 Å². The van der Waals surface area contributed by atoms with Crippen molar-refractivity contribution in [2.45, 2.75) is 4.90 Å². The normalized spacial score (nSPS) is 15.2. The number of nitrogens with zero attached hydrogens (tertiary/aromatic N) is 3. The van der Waals surface area contributed by atoms with E-state index in [1.807, 2.05) is 4.90 Å². The number of anilines is 1. The molecule has 0 bridgehead atoms. The van der Waals surface area contributed by atoms with Gasteiger partial charge in [0.15, 0.2) is 0 Å². The Morgan fingerprint density at radius 3 is 2.28 bits per heavy atom. The first-order valence-electron chi connectivity index (χ1n) is 8.61. The summed E-state index contributed by atoms with van der Waals surface area (Å²) >= 11 is 6.09. The zero-order valence-corrected chi connectivity index (χ0v) is 17.0. The van der Waals surface area contributed by atoms with E-state index in [0.717, 1.165) is 5.69 Å². The topological polar surface area (TPSA) is 110 Å². The summed E-state index contributed by atoms with van der Waals surface area (Å²) in [4.78, 5) is 23.8. The zero-order valence-electron chi connectivity index (χ0n) is 15.4. The van der Waals surface area contributed by atoms with Crippen LogP contribution in [0.5, 0.6) is 0 Å². The van der Waals surface area contributed by atoms with E-state index in [9.17, 15) is 23.3 Å². The molecule has 1 fully saturated rings. The van der Waals surface area contributed by atoms with E-state index in [1.165, 1.54) is 41.7 Å². The zero-order chi connectivity index (χ0) is 21.2. The summed E-state index contributed by atoms with van der Waals surface area (Å²) < 4.78 is 32.0. The van der Waals surface area contributed by atoms with E-state index in [2.05, 4.69) is 4.74 Å². The second kappa shape index (κ2) is 8.36. The van der Waals surface area contributed by atoms with Crippen LogP contribution < -0.4 is 4.90 Å². The lowest BCUT2D eigenvalue weighted by Crippen LogP contribution is -2.48. The molecule has 154 valence electrons. The Morgan fingerprint density at radius 1 is 1.10 bits per heavy atom. The summed E-state index contributed by atoms with van der Waals surface area (Å²) in [6.45, 7) is 1.23. The van der Waals surface area contributed by atoms with E-state index >= 15 is 0 Å². The first-order valence-corrected chi connectivity index (χ1v) is 10.4. The lowest BCUT2D eigenvalue weighted by Gasteiger charge is -2.35. The Balaban J connectivity index is 1.76. The van der Waals surface area contributed by atoms with Crippen LogP contribution in [-0.2, 0) is 14.8 Å². The van der Waals surface area contributed by atoms with Crippen LogP contribution in [0.4, 0.5) is 11.4 Å². The molecule has 9 nitrogen and oxygen atoms in total. The maximum atomic E-state index is 13.0. The van der Waals surface area contributed by atoms with Gasteiger partial charge in [0, 0.05) is 44.0 Å². The molecule has 0 N–H and O–H groups in total. The average molecular weight is 440 g/mol. The van der Waals surface area contributed by atoms with E-state index in [1.54, 1.807) is 12.1 Å². The van der Waals surface area contributed by atoms with Gasteiger partial charge in [0.25, 0.3) is 5.69 Å². The number of piperazine rings is 1. The third-order valence-corrected chi connectivity index (χ3v) is 7.01. The molecule has 2 aromatic carbocycles. The summed E-state index contributed by atoms with van der Waals surface area (Å²) in [6, 6.07) is 10.1. The highest BCUT2D eigenvalue weighted by Gasteiger charge is 2.31. The van der Waals surface area contributed by atoms with Crippen molar-refractivity contribution in [2.75, 3.05) is 38.2 Å². The molecular weight excluding hydrogens is 422 g/mol. The predicted octanol–water partition coefficient (Wildman–Crippen LogP) is 2.55. The molecule has 3 rings (SSSR count). The van der Waals surface area contributed by atoms with E-state index in [0.29, 0.717) is 13.1 Å². The van der Waals surface area contributed by atoms with Gasteiger partial charge in [0.2, 0.25) is 10.0 Å². The van der Waals surface area contributed by atoms with Gasteiger partial charge in [-0.15, -0.1) is 0 Å². The average Bonchev–Trinajstić information content (AvgIpc) is 2.73. The Bertz CT molecular complexity index is 1030. The SMILES string of the molecule is COC(=O)c1ccc(Cl)c(S(=O)(=O)N2CCN(c3ccc([N+](=O)[O-])cc3)CC2)c1. The predicted molar refractivity (Wildman–Crippen MR) is 107 cm³/mol. The molecule has 1 aliphatic heterocycles. The van der Waals surface area contributed by atoms with Crippen LogP contribution in [-0.4, -0.2) is 56.9 Å². The number of benzene rings is 2. The van der Waals surface area contributed by atoms with Crippen molar-refractivity contribution in [3.05, 3.63) is 63.2 Å². The first-order chi connectivity index (χ1) is 13.7. The van der Waals surface area contributed by atoms with Crippen molar-refractivity contribution in [1.29, 1.82) is 0 Å². The number of hydrogen-bond donors (Lipinski definition) is 0. The number of nitro benzene ring substituents is 1. The maximum Gasteiger partial charge on any atom is 0.337 e. The summed E-state index contributed by atoms with van der Waals surface area (Å²) in [5.74, 6) is -0.652. The summed E-state index contributed by atoms with van der Waals surface area (Å²) in [5, 5.41) is 10.8. The highest BCUT2D eigenvalue weighted by atomic mass is 35.5. The van der Waals surface area contributed by atoms with Crippen molar-refractivity contribution in [1.82, 2.24) is 4.31 Å². The van der Waals surface area contributed by atoms with Gasteiger partial charge in [-0.2, -0.15) is 4.31 Å². The van der Waals surface area contributed by atoms with Gasteiger partial charge < -0.3 is 9.64 Å². The molecule has 0 aromatic heterocycles. The van der Waals surface area contributed by atoms with Gasteiger partial charge >= 0.3 is 5.97 Å². The number of hydrogen-bond acceptors (Lipinski definition) is 7. The first kappa shape index (κ1) is 21.0. The van der Waals surface area contributed by atoms with Gasteiger partial charge in [-0.1, -0.05) is 11.6 Å². The van der Waals surface area contributed by atoms with Crippen molar-refractivity contribution in [2.24, 2.45) is 0 Å². The van der Waals surface area contributed by atoms with Gasteiger partial charge in [-0.3, -0.25) is 10.1 Å². The number of nitro groups is 1. The summed E-state index contributed by atoms with van der Waals surface area (Å²) in [6.07, 6.45) is 0. The third-order valence-electron chi connectivity index (χ3n) is 4.63. The molecule has 0 radical (unpaired) electrons. The van der Waals surface area contributed by atoms with Gasteiger partial charge in [-0.25, -0.2) is 13.2 Å². The molecule has 29 heavy (non-hydrogen) atoms. The molecule has 1 heterocycles. The summed E-state index contributed by atoms with van der Waals surface area (Å²) in [7, 11) is -2.69. The summed E-state index contributed by atoms with van der Waals surface area (Å²) in [5.41, 5.74) is 0.869. The molecule has 0 aliphatic carbocycles. The number of non-ortho nitro benzene ring substituents is 1. The lowest BCUT2D eigenvalue weighted by molar-refractivity contribution is -0.384. The number of carbonyl (C=O) groups excluding carboxylic acids is 1. The molecule has 1 aliphatic rings. The Labute approximate surface area is 172 Å². The van der Waals surface area contributed by atoms with Gasteiger partial charge in [0.05, 0.1) is 22.6 Å². The third kappa shape index (κ3) is 4.34. The van der Waals surface area contributed by atoms with Crippen LogP contribution in [0.15, 0.2) is 47.4 Å². The molecule has 1 saturated heterocycles. The van der Waals surface area contributed by atoms with Crippen LogP contribution in [0.3, 0.4) is 0 Å². The standard InChI is InChI=1S/C18H18ClN3O6S/c1-28-18(23)13-2-7-16(19)17(12-13)29(26,27)21-10-8-20(9-11-21)14-3-5-15(6-4-14)22(24)25/h2-7,12H,8-11H2,1H3. The molecule has 11 heteroatoms. The van der Waals surface area contributed by atoms with Gasteiger partial charge in [-0.05, 0) is 30.3 Å². The highest BCUT2D eigenvalue weighted by Crippen LogP contribution is 2.28. The molecule has 0 atom stereocenters. The van der Waals surface area contributed by atoms with Crippen LogP contribution in [0.1, 0.15) is 10.4 Å². The van der Waals surface area contributed by atoms with Crippen molar-refractivity contribution in [3.8, 4) is 0 Å². The Hall–Kier alpha value is -2.69. The minimum absolute atomic E-state index is 0.00454. The number of sulfonamides is 1. The molecule has 0 saturated carbocycles. The monoisotopic (exact) mass is 439 g/mol. The Morgan fingerprint density at radius 2 is 1.72 bits per heavy atom. The van der Waals surface area contributed by atoms with E-state index < -0.39 is 20.9 Å². The maximum absolute atomic E-state index is 13.0. The molecule has 0 amide bonds.